The minimum atomic E-state index is -0.994. The van der Waals surface area contributed by atoms with Crippen LogP contribution in [0.5, 0.6) is 5.75 Å². The molecule has 14 nitrogen and oxygen atoms in total. The largest absolute Gasteiger partial charge is 0.494 e. The lowest BCUT2D eigenvalue weighted by atomic mass is 9.83. The average Bonchev–Trinajstić information content (AvgIpc) is 3.57. The molecule has 2 bridgehead atoms. The Bertz CT molecular complexity index is 1310. The SMILES string of the molecule is NC(=O)[C@H](CCCN=C(N)N)NC(=O)[C@@H]1CCCc2cccc(c2)OCCCC(=O)N2CCC[C@H]2C(=O)N[C@@H](C2CCCCC2)C(=O)N1. The van der Waals surface area contributed by atoms with E-state index in [1.807, 2.05) is 24.3 Å². The van der Waals surface area contributed by atoms with Crippen molar-refractivity contribution in [3.8, 4) is 5.75 Å². The molecule has 2 aliphatic heterocycles. The number of guanidine groups is 1. The maximum absolute atomic E-state index is 14.1. The highest BCUT2D eigenvalue weighted by atomic mass is 16.5. The molecule has 3 aliphatic rings. The van der Waals surface area contributed by atoms with Crippen LogP contribution in [0.25, 0.3) is 0 Å². The third-order valence-electron chi connectivity index (χ3n) is 9.48. The van der Waals surface area contributed by atoms with Crippen LogP contribution in [0.4, 0.5) is 0 Å². The second kappa shape index (κ2) is 18.3. The lowest BCUT2D eigenvalue weighted by Crippen LogP contribution is -2.59. The number of ether oxygens (including phenoxy) is 1. The van der Waals surface area contributed by atoms with Crippen molar-refractivity contribution in [3.63, 3.8) is 0 Å². The Hall–Kier alpha value is -4.36. The van der Waals surface area contributed by atoms with Crippen LogP contribution < -0.4 is 37.9 Å². The lowest BCUT2D eigenvalue weighted by molar-refractivity contribution is -0.140. The quantitative estimate of drug-likeness (QED) is 0.131. The van der Waals surface area contributed by atoms with Gasteiger partial charge in [0.25, 0.3) is 0 Å². The van der Waals surface area contributed by atoms with Crippen molar-refractivity contribution in [1.82, 2.24) is 20.9 Å². The number of primary amides is 1. The molecule has 5 amide bonds. The predicted molar refractivity (Wildman–Crippen MR) is 180 cm³/mol. The van der Waals surface area contributed by atoms with Crippen LogP contribution in [0.3, 0.4) is 0 Å². The lowest BCUT2D eigenvalue weighted by Gasteiger charge is -2.33. The summed E-state index contributed by atoms with van der Waals surface area (Å²) in [7, 11) is 0. The second-order valence-corrected chi connectivity index (χ2v) is 13.1. The third kappa shape index (κ3) is 10.8. The van der Waals surface area contributed by atoms with Crippen LogP contribution in [0.1, 0.15) is 89.0 Å². The van der Waals surface area contributed by atoms with Gasteiger partial charge in [0, 0.05) is 19.5 Å². The smallest absolute Gasteiger partial charge is 0.243 e. The van der Waals surface area contributed by atoms with Gasteiger partial charge in [-0.15, -0.1) is 0 Å². The summed E-state index contributed by atoms with van der Waals surface area (Å²) < 4.78 is 5.93. The minimum Gasteiger partial charge on any atom is -0.494 e. The molecule has 4 atom stereocenters. The first-order valence-corrected chi connectivity index (χ1v) is 17.4. The zero-order valence-electron chi connectivity index (χ0n) is 27.8. The molecule has 264 valence electrons. The molecule has 1 aromatic rings. The Morgan fingerprint density at radius 1 is 0.938 bits per heavy atom. The minimum absolute atomic E-state index is 0.0749. The van der Waals surface area contributed by atoms with Crippen molar-refractivity contribution in [2.75, 3.05) is 19.7 Å². The standard InChI is InChI=1S/C34H52N8O6/c35-30(44)25(15-6-18-38-34(36)37)39-31(45)26-14-5-10-22-9-4-13-24(21-22)48-20-8-17-28(43)42-19-7-16-27(42)32(46)41-29(33(47)40-26)23-11-2-1-3-12-23/h4,9,13,21,23,25-27,29H,1-3,5-8,10-12,14-20H2,(H2,35,44)(H,39,45)(H,40,47)(H,41,46)(H4,36,37,38)/t25-,26-,27-,29-/m0/s1. The number of amides is 5. The Morgan fingerprint density at radius 2 is 1.73 bits per heavy atom. The molecule has 48 heavy (non-hydrogen) atoms. The van der Waals surface area contributed by atoms with E-state index in [-0.39, 0.29) is 49.5 Å². The Morgan fingerprint density at radius 3 is 2.48 bits per heavy atom. The number of rotatable bonds is 8. The molecule has 1 saturated heterocycles. The van der Waals surface area contributed by atoms with Gasteiger partial charge >= 0.3 is 0 Å². The number of hydrogen-bond donors (Lipinski definition) is 6. The average molecular weight is 669 g/mol. The zero-order chi connectivity index (χ0) is 34.5. The molecule has 2 heterocycles. The topological polar surface area (TPSA) is 224 Å². The van der Waals surface area contributed by atoms with Crippen LogP contribution in [-0.4, -0.2) is 84.3 Å². The van der Waals surface area contributed by atoms with Gasteiger partial charge in [0.15, 0.2) is 5.96 Å². The Labute approximate surface area is 282 Å². The van der Waals surface area contributed by atoms with Gasteiger partial charge in [-0.1, -0.05) is 31.4 Å². The molecule has 1 aliphatic carbocycles. The molecule has 0 radical (unpaired) electrons. The number of carbonyl (C=O) groups excluding carboxylic acids is 5. The van der Waals surface area contributed by atoms with Crippen molar-refractivity contribution < 1.29 is 28.7 Å². The number of fused-ring (bicyclic) bond motifs is 3. The molecule has 0 spiro atoms. The van der Waals surface area contributed by atoms with Crippen molar-refractivity contribution >= 4 is 35.5 Å². The van der Waals surface area contributed by atoms with E-state index in [2.05, 4.69) is 20.9 Å². The fourth-order valence-electron chi connectivity index (χ4n) is 6.90. The number of nitrogens with one attached hydrogen (secondary N) is 3. The molecule has 1 saturated carbocycles. The summed E-state index contributed by atoms with van der Waals surface area (Å²) in [5.74, 6) is -1.68. The molecule has 2 fully saturated rings. The highest BCUT2D eigenvalue weighted by Crippen LogP contribution is 2.28. The van der Waals surface area contributed by atoms with E-state index < -0.39 is 41.9 Å². The maximum Gasteiger partial charge on any atom is 0.243 e. The van der Waals surface area contributed by atoms with E-state index in [9.17, 15) is 24.0 Å². The second-order valence-electron chi connectivity index (χ2n) is 13.1. The first-order chi connectivity index (χ1) is 23.1. The summed E-state index contributed by atoms with van der Waals surface area (Å²) in [5.41, 5.74) is 17.4. The summed E-state index contributed by atoms with van der Waals surface area (Å²) in [5, 5.41) is 8.65. The van der Waals surface area contributed by atoms with Crippen molar-refractivity contribution in [2.24, 2.45) is 28.1 Å². The number of nitrogens with two attached hydrogens (primary N) is 3. The number of nitrogens with zero attached hydrogens (tertiary/aromatic N) is 2. The number of benzene rings is 1. The molecular formula is C34H52N8O6. The van der Waals surface area contributed by atoms with Gasteiger partial charge in [0.2, 0.25) is 29.5 Å². The third-order valence-corrected chi connectivity index (χ3v) is 9.48. The summed E-state index contributed by atoms with van der Waals surface area (Å²) in [6.45, 7) is 1.10. The zero-order valence-corrected chi connectivity index (χ0v) is 27.8. The molecule has 14 heteroatoms. The highest BCUT2D eigenvalue weighted by molar-refractivity contribution is 5.95. The van der Waals surface area contributed by atoms with Gasteiger partial charge in [0.1, 0.15) is 29.9 Å². The predicted octanol–water partition coefficient (Wildman–Crippen LogP) is 0.747. The first-order valence-electron chi connectivity index (χ1n) is 17.4. The van der Waals surface area contributed by atoms with E-state index in [1.54, 1.807) is 4.90 Å². The van der Waals surface area contributed by atoms with E-state index in [4.69, 9.17) is 21.9 Å². The monoisotopic (exact) mass is 668 g/mol. The number of aliphatic imine (C=N–C) groups is 1. The molecule has 1 aromatic carbocycles. The van der Waals surface area contributed by atoms with E-state index >= 15 is 0 Å². The van der Waals surface area contributed by atoms with E-state index in [0.717, 1.165) is 37.7 Å². The van der Waals surface area contributed by atoms with Gasteiger partial charge in [-0.25, -0.2) is 0 Å². The normalized spacial score (nSPS) is 24.0. The fraction of sp³-hybridized carbons (Fsp3) is 0.647. The van der Waals surface area contributed by atoms with Gasteiger partial charge in [0.05, 0.1) is 6.61 Å². The maximum atomic E-state index is 14.1. The molecule has 0 unspecified atom stereocenters. The van der Waals surface area contributed by atoms with Crippen LogP contribution >= 0.6 is 0 Å². The molecule has 4 rings (SSSR count). The number of carbonyl (C=O) groups is 5. The van der Waals surface area contributed by atoms with Gasteiger partial charge in [-0.05, 0) is 87.8 Å². The summed E-state index contributed by atoms with van der Waals surface area (Å²) >= 11 is 0. The molecule has 0 aromatic heterocycles. The van der Waals surface area contributed by atoms with Crippen molar-refractivity contribution in [3.05, 3.63) is 29.8 Å². The van der Waals surface area contributed by atoms with Gasteiger partial charge < -0.3 is 42.8 Å². The van der Waals surface area contributed by atoms with Crippen LogP contribution in [-0.2, 0) is 30.4 Å². The summed E-state index contributed by atoms with van der Waals surface area (Å²) in [6, 6.07) is 4.13. The Balaban J connectivity index is 1.58. The van der Waals surface area contributed by atoms with Crippen molar-refractivity contribution in [1.29, 1.82) is 0 Å². The van der Waals surface area contributed by atoms with Crippen LogP contribution in [0.2, 0.25) is 0 Å². The fourth-order valence-corrected chi connectivity index (χ4v) is 6.90. The highest BCUT2D eigenvalue weighted by Gasteiger charge is 2.39. The summed E-state index contributed by atoms with van der Waals surface area (Å²) in [6.07, 6.45) is 8.46. The molecular weight excluding hydrogens is 616 g/mol. The van der Waals surface area contributed by atoms with E-state index in [1.165, 1.54) is 0 Å². The summed E-state index contributed by atoms with van der Waals surface area (Å²) in [4.78, 5) is 72.5. The number of aryl methyl sites for hydroxylation is 1. The molecule has 9 N–H and O–H groups in total. The van der Waals surface area contributed by atoms with Gasteiger partial charge in [-0.2, -0.15) is 0 Å². The van der Waals surface area contributed by atoms with Crippen molar-refractivity contribution in [2.45, 2.75) is 114 Å². The van der Waals surface area contributed by atoms with E-state index in [0.29, 0.717) is 57.4 Å². The first kappa shape index (κ1) is 36.5. The van der Waals surface area contributed by atoms with Gasteiger partial charge in [-0.3, -0.25) is 29.0 Å². The number of hydrogen-bond acceptors (Lipinski definition) is 7. The Kier molecular flexibility index (Phi) is 13.9. The van der Waals surface area contributed by atoms with Crippen LogP contribution in [0.15, 0.2) is 29.3 Å². The van der Waals surface area contributed by atoms with Crippen LogP contribution in [0, 0.1) is 5.92 Å².